The minimum atomic E-state index is -0.339. The van der Waals surface area contributed by atoms with Gasteiger partial charge < -0.3 is 15.0 Å². The SMILES string of the molecule is O=C(CN1CCN(c2ccccc2[N+](=O)[O-])CC1)NCC1(c2ccccc2)CCOCC1. The van der Waals surface area contributed by atoms with Gasteiger partial charge in [-0.2, -0.15) is 0 Å². The number of ether oxygens (including phenoxy) is 1. The van der Waals surface area contributed by atoms with Crippen molar-refractivity contribution in [3.05, 3.63) is 70.3 Å². The summed E-state index contributed by atoms with van der Waals surface area (Å²) in [7, 11) is 0. The Hall–Kier alpha value is -2.97. The molecule has 0 spiro atoms. The number of benzene rings is 2. The lowest BCUT2D eigenvalue weighted by atomic mass is 9.74. The van der Waals surface area contributed by atoms with E-state index < -0.39 is 0 Å². The van der Waals surface area contributed by atoms with Crippen LogP contribution in [-0.2, 0) is 14.9 Å². The molecule has 2 saturated heterocycles. The number of anilines is 1. The number of nitro benzene ring substituents is 1. The Labute approximate surface area is 188 Å². The summed E-state index contributed by atoms with van der Waals surface area (Å²) in [5.74, 6) is 0.0194. The van der Waals surface area contributed by atoms with Gasteiger partial charge in [-0.25, -0.2) is 0 Å². The highest BCUT2D eigenvalue weighted by molar-refractivity contribution is 5.78. The monoisotopic (exact) mass is 438 g/mol. The molecule has 0 bridgehead atoms. The van der Waals surface area contributed by atoms with E-state index in [2.05, 4.69) is 22.3 Å². The fraction of sp³-hybridized carbons (Fsp3) is 0.458. The number of carbonyl (C=O) groups is 1. The third-order valence-corrected chi connectivity index (χ3v) is 6.62. The van der Waals surface area contributed by atoms with E-state index in [9.17, 15) is 14.9 Å². The zero-order valence-corrected chi connectivity index (χ0v) is 18.2. The fourth-order valence-electron chi connectivity index (χ4n) is 4.68. The second-order valence-corrected chi connectivity index (χ2v) is 8.54. The van der Waals surface area contributed by atoms with Gasteiger partial charge in [0.05, 0.1) is 11.5 Å². The minimum absolute atomic E-state index is 0.0194. The van der Waals surface area contributed by atoms with Crippen LogP contribution in [0.3, 0.4) is 0 Å². The minimum Gasteiger partial charge on any atom is -0.381 e. The molecule has 0 unspecified atom stereocenters. The zero-order chi connectivity index (χ0) is 22.4. The molecular formula is C24H30N4O4. The van der Waals surface area contributed by atoms with Crippen LogP contribution in [0.15, 0.2) is 54.6 Å². The molecule has 2 aliphatic heterocycles. The summed E-state index contributed by atoms with van der Waals surface area (Å²) in [6.07, 6.45) is 1.79. The van der Waals surface area contributed by atoms with Gasteiger partial charge in [0, 0.05) is 57.4 Å². The Morgan fingerprint density at radius 2 is 1.66 bits per heavy atom. The molecule has 8 nitrogen and oxygen atoms in total. The maximum atomic E-state index is 12.7. The van der Waals surface area contributed by atoms with Gasteiger partial charge in [0.25, 0.3) is 5.69 Å². The predicted molar refractivity (Wildman–Crippen MR) is 123 cm³/mol. The Balaban J connectivity index is 1.30. The van der Waals surface area contributed by atoms with Crippen LogP contribution in [-0.4, -0.2) is 68.2 Å². The average molecular weight is 439 g/mol. The van der Waals surface area contributed by atoms with E-state index in [0.29, 0.717) is 58.2 Å². The zero-order valence-electron chi connectivity index (χ0n) is 18.2. The van der Waals surface area contributed by atoms with Gasteiger partial charge in [0.2, 0.25) is 5.91 Å². The van der Waals surface area contributed by atoms with Gasteiger partial charge in [-0.05, 0) is 24.5 Å². The van der Waals surface area contributed by atoms with Gasteiger partial charge >= 0.3 is 0 Å². The summed E-state index contributed by atoms with van der Waals surface area (Å²) in [5, 5.41) is 14.5. The summed E-state index contributed by atoms with van der Waals surface area (Å²) in [5.41, 5.74) is 1.94. The average Bonchev–Trinajstić information content (AvgIpc) is 2.84. The second kappa shape index (κ2) is 10.1. The molecule has 0 aromatic heterocycles. The lowest BCUT2D eigenvalue weighted by Crippen LogP contribution is -2.51. The van der Waals surface area contributed by atoms with E-state index in [0.717, 1.165) is 12.8 Å². The summed E-state index contributed by atoms with van der Waals surface area (Å²) in [4.78, 5) is 27.8. The van der Waals surface area contributed by atoms with Crippen LogP contribution in [0.5, 0.6) is 0 Å². The van der Waals surface area contributed by atoms with Gasteiger partial charge in [-0.3, -0.25) is 19.8 Å². The molecule has 2 aliphatic rings. The lowest BCUT2D eigenvalue weighted by Gasteiger charge is -2.38. The maximum Gasteiger partial charge on any atom is 0.292 e. The predicted octanol–water partition coefficient (Wildman–Crippen LogP) is 2.58. The summed E-state index contributed by atoms with van der Waals surface area (Å²) in [6.45, 7) is 5.05. The third-order valence-electron chi connectivity index (χ3n) is 6.62. The molecule has 2 aromatic rings. The van der Waals surface area contributed by atoms with E-state index >= 15 is 0 Å². The lowest BCUT2D eigenvalue weighted by molar-refractivity contribution is -0.384. The van der Waals surface area contributed by atoms with Gasteiger partial charge in [0.15, 0.2) is 0 Å². The van der Waals surface area contributed by atoms with Crippen molar-refractivity contribution in [2.75, 3.05) is 57.4 Å². The standard InChI is InChI=1S/C24H30N4O4/c29-23(25-19-24(10-16-32-17-11-24)20-6-2-1-3-7-20)18-26-12-14-27(15-13-26)21-8-4-5-9-22(21)28(30)31/h1-9H,10-19H2,(H,25,29). The number of rotatable bonds is 7. The Bertz CT molecular complexity index is 923. The van der Waals surface area contributed by atoms with Crippen LogP contribution in [0.25, 0.3) is 0 Å². The number of carbonyl (C=O) groups excluding carboxylic acids is 1. The molecule has 8 heteroatoms. The Kier molecular flexibility index (Phi) is 7.02. The van der Waals surface area contributed by atoms with Crippen molar-refractivity contribution in [3.8, 4) is 0 Å². The molecule has 0 aliphatic carbocycles. The van der Waals surface area contributed by atoms with Crippen molar-refractivity contribution in [1.29, 1.82) is 0 Å². The highest BCUT2D eigenvalue weighted by Crippen LogP contribution is 2.34. The van der Waals surface area contributed by atoms with Gasteiger partial charge in [-0.15, -0.1) is 0 Å². The number of nitro groups is 1. The normalized spacial score (nSPS) is 18.8. The highest BCUT2D eigenvalue weighted by Gasteiger charge is 2.35. The molecule has 0 radical (unpaired) electrons. The molecule has 1 amide bonds. The summed E-state index contributed by atoms with van der Waals surface area (Å²) in [6, 6.07) is 17.2. The molecular weight excluding hydrogens is 408 g/mol. The van der Waals surface area contributed by atoms with Gasteiger partial charge in [-0.1, -0.05) is 42.5 Å². The van der Waals surface area contributed by atoms with Gasteiger partial charge in [0.1, 0.15) is 5.69 Å². The molecule has 0 atom stereocenters. The van der Waals surface area contributed by atoms with Crippen molar-refractivity contribution in [2.24, 2.45) is 0 Å². The van der Waals surface area contributed by atoms with E-state index in [4.69, 9.17) is 4.74 Å². The van der Waals surface area contributed by atoms with Crippen molar-refractivity contribution in [2.45, 2.75) is 18.3 Å². The molecule has 2 fully saturated rings. The van der Waals surface area contributed by atoms with Crippen LogP contribution in [0.2, 0.25) is 0 Å². The number of piperazine rings is 1. The van der Waals surface area contributed by atoms with Crippen molar-refractivity contribution in [1.82, 2.24) is 10.2 Å². The topological polar surface area (TPSA) is 88.0 Å². The number of nitrogens with one attached hydrogen (secondary N) is 1. The molecule has 1 N–H and O–H groups in total. The third kappa shape index (κ3) is 5.08. The van der Waals surface area contributed by atoms with E-state index in [1.54, 1.807) is 12.1 Å². The first-order chi connectivity index (χ1) is 15.6. The quantitative estimate of drug-likeness (QED) is 0.528. The summed E-state index contributed by atoms with van der Waals surface area (Å²) >= 11 is 0. The number of nitrogens with zero attached hydrogens (tertiary/aromatic N) is 3. The number of para-hydroxylation sites is 2. The largest absolute Gasteiger partial charge is 0.381 e. The number of hydrogen-bond donors (Lipinski definition) is 1. The maximum absolute atomic E-state index is 12.7. The highest BCUT2D eigenvalue weighted by atomic mass is 16.6. The Morgan fingerprint density at radius 1 is 1.00 bits per heavy atom. The van der Waals surface area contributed by atoms with E-state index in [1.165, 1.54) is 11.6 Å². The van der Waals surface area contributed by atoms with Crippen LogP contribution < -0.4 is 10.2 Å². The van der Waals surface area contributed by atoms with Crippen molar-refractivity contribution >= 4 is 17.3 Å². The second-order valence-electron chi connectivity index (χ2n) is 8.54. The smallest absolute Gasteiger partial charge is 0.292 e. The molecule has 4 rings (SSSR count). The fourth-order valence-corrected chi connectivity index (χ4v) is 4.68. The molecule has 32 heavy (non-hydrogen) atoms. The van der Waals surface area contributed by atoms with Crippen LogP contribution >= 0.6 is 0 Å². The van der Waals surface area contributed by atoms with E-state index in [-0.39, 0.29) is 21.9 Å². The van der Waals surface area contributed by atoms with Crippen LogP contribution in [0.1, 0.15) is 18.4 Å². The summed E-state index contributed by atoms with van der Waals surface area (Å²) < 4.78 is 5.58. The van der Waals surface area contributed by atoms with Crippen LogP contribution in [0, 0.1) is 10.1 Å². The first-order valence-corrected chi connectivity index (χ1v) is 11.2. The molecule has 170 valence electrons. The van der Waals surface area contributed by atoms with Crippen molar-refractivity contribution in [3.63, 3.8) is 0 Å². The van der Waals surface area contributed by atoms with E-state index in [1.807, 2.05) is 29.2 Å². The van der Waals surface area contributed by atoms with Crippen LogP contribution in [0.4, 0.5) is 11.4 Å². The first kappa shape index (κ1) is 22.2. The number of hydrogen-bond acceptors (Lipinski definition) is 6. The molecule has 2 aromatic carbocycles. The van der Waals surface area contributed by atoms with Crippen molar-refractivity contribution < 1.29 is 14.5 Å². The Morgan fingerprint density at radius 3 is 2.34 bits per heavy atom. The molecule has 0 saturated carbocycles. The first-order valence-electron chi connectivity index (χ1n) is 11.2. The number of amides is 1. The molecule has 2 heterocycles.